The largest absolute Gasteiger partial charge is 0.488 e. The molecule has 0 spiro atoms. The molecule has 0 N–H and O–H groups in total. The van der Waals surface area contributed by atoms with Crippen LogP contribution in [0.25, 0.3) is 21.2 Å². The summed E-state index contributed by atoms with van der Waals surface area (Å²) in [6.45, 7) is 15.5. The summed E-state index contributed by atoms with van der Waals surface area (Å²) in [5.74, 6) is 0.224. The van der Waals surface area contributed by atoms with E-state index in [-0.39, 0.29) is 4.74 Å². The van der Waals surface area contributed by atoms with Crippen LogP contribution < -0.4 is 9.48 Å². The van der Waals surface area contributed by atoms with Crippen LogP contribution in [0.5, 0.6) is 5.75 Å². The number of esters is 1. The van der Waals surface area contributed by atoms with E-state index in [0.717, 1.165) is 34.1 Å². The lowest BCUT2D eigenvalue weighted by Gasteiger charge is -2.34. The third kappa shape index (κ3) is 7.78. The van der Waals surface area contributed by atoms with Crippen LogP contribution in [0.15, 0.2) is 59.9 Å². The van der Waals surface area contributed by atoms with Crippen LogP contribution in [0.4, 0.5) is 0 Å². The van der Waals surface area contributed by atoms with E-state index in [1.54, 1.807) is 0 Å². The maximum atomic E-state index is 13.2. The highest BCUT2D eigenvalue weighted by Gasteiger charge is 2.33. The molecule has 0 radical (unpaired) electrons. The van der Waals surface area contributed by atoms with Gasteiger partial charge in [-0.05, 0) is 93.3 Å². The Bertz CT molecular complexity index is 1320. The van der Waals surface area contributed by atoms with Crippen LogP contribution in [0.3, 0.4) is 0 Å². The van der Waals surface area contributed by atoms with Gasteiger partial charge in [0.2, 0.25) is 4.74 Å². The van der Waals surface area contributed by atoms with Crippen molar-refractivity contribution in [1.82, 2.24) is 0 Å². The molecule has 198 valence electrons. The molecule has 4 nitrogen and oxygen atoms in total. The van der Waals surface area contributed by atoms with Gasteiger partial charge in [0.1, 0.15) is 17.0 Å². The number of rotatable bonds is 12. The van der Waals surface area contributed by atoms with Crippen LogP contribution in [-0.2, 0) is 22.4 Å². The van der Waals surface area contributed by atoms with Crippen molar-refractivity contribution in [2.24, 2.45) is 0 Å². The van der Waals surface area contributed by atoms with Gasteiger partial charge in [0.05, 0.1) is 0 Å². The highest BCUT2D eigenvalue weighted by Crippen LogP contribution is 2.33. The van der Waals surface area contributed by atoms with E-state index < -0.39 is 17.2 Å². The van der Waals surface area contributed by atoms with Crippen molar-refractivity contribution < 1.29 is 14.3 Å². The molecule has 0 bridgehead atoms. The number of unbranched alkanes of at least 4 members (excludes halogenated alkanes) is 2. The SMILES string of the molecule is C=CC(=O)OC(C)(C)CC(C)(C)Oc1ccc2cc(-c3ccc(CCCCC)cc3CC)c(=O)sc2c1. The Morgan fingerprint density at radius 2 is 1.73 bits per heavy atom. The molecule has 0 saturated heterocycles. The molecule has 0 saturated carbocycles. The monoisotopic (exact) mass is 520 g/mol. The topological polar surface area (TPSA) is 52.6 Å². The molecule has 2 aromatic carbocycles. The predicted octanol–water partition coefficient (Wildman–Crippen LogP) is 8.28. The van der Waals surface area contributed by atoms with Gasteiger partial charge in [0.25, 0.3) is 0 Å². The zero-order valence-electron chi connectivity index (χ0n) is 23.1. The van der Waals surface area contributed by atoms with Gasteiger partial charge in [0.15, 0.2) is 0 Å². The number of aryl methyl sites for hydroxylation is 2. The zero-order chi connectivity index (χ0) is 27.2. The van der Waals surface area contributed by atoms with Gasteiger partial charge in [-0.2, -0.15) is 0 Å². The molecule has 0 aliphatic rings. The van der Waals surface area contributed by atoms with Gasteiger partial charge in [-0.1, -0.05) is 62.8 Å². The molecular formula is C32H40O4S. The second-order valence-corrected chi connectivity index (χ2v) is 11.9. The Morgan fingerprint density at radius 1 is 0.973 bits per heavy atom. The van der Waals surface area contributed by atoms with Crippen molar-refractivity contribution in [2.45, 2.75) is 91.3 Å². The summed E-state index contributed by atoms with van der Waals surface area (Å²) in [6.07, 6.45) is 7.27. The van der Waals surface area contributed by atoms with Crippen molar-refractivity contribution in [3.05, 3.63) is 75.8 Å². The summed E-state index contributed by atoms with van der Waals surface area (Å²) < 4.78 is 12.7. The van der Waals surface area contributed by atoms with Gasteiger partial charge in [-0.3, -0.25) is 4.79 Å². The Labute approximate surface area is 225 Å². The average Bonchev–Trinajstić information content (AvgIpc) is 2.82. The molecule has 0 unspecified atom stereocenters. The summed E-state index contributed by atoms with van der Waals surface area (Å²) in [7, 11) is 0. The first-order valence-corrected chi connectivity index (χ1v) is 14.0. The molecule has 0 amide bonds. The zero-order valence-corrected chi connectivity index (χ0v) is 23.9. The summed E-state index contributed by atoms with van der Waals surface area (Å²) >= 11 is 1.25. The van der Waals surface area contributed by atoms with Gasteiger partial charge in [-0.15, -0.1) is 0 Å². The van der Waals surface area contributed by atoms with Crippen molar-refractivity contribution in [3.8, 4) is 16.9 Å². The van der Waals surface area contributed by atoms with Crippen LogP contribution >= 0.6 is 11.3 Å². The Hall–Kier alpha value is -2.92. The lowest BCUT2D eigenvalue weighted by atomic mass is 9.92. The quantitative estimate of drug-likeness (QED) is 0.137. The van der Waals surface area contributed by atoms with Gasteiger partial charge >= 0.3 is 5.97 Å². The van der Waals surface area contributed by atoms with E-state index in [2.05, 4.69) is 38.6 Å². The third-order valence-electron chi connectivity index (χ3n) is 6.41. The predicted molar refractivity (Wildman–Crippen MR) is 156 cm³/mol. The maximum absolute atomic E-state index is 13.2. The number of hydrogen-bond acceptors (Lipinski definition) is 5. The first-order chi connectivity index (χ1) is 17.5. The molecule has 5 heteroatoms. The van der Waals surface area contributed by atoms with Crippen molar-refractivity contribution >= 4 is 27.4 Å². The molecule has 3 rings (SSSR count). The number of carbonyl (C=O) groups excluding carboxylic acids is 1. The molecular weight excluding hydrogens is 480 g/mol. The first kappa shape index (κ1) is 28.6. The van der Waals surface area contributed by atoms with E-state index in [9.17, 15) is 9.59 Å². The van der Waals surface area contributed by atoms with Gasteiger partial charge in [-0.25, -0.2) is 4.79 Å². The third-order valence-corrected chi connectivity index (χ3v) is 7.39. The van der Waals surface area contributed by atoms with Crippen molar-refractivity contribution in [2.75, 3.05) is 0 Å². The van der Waals surface area contributed by atoms with E-state index in [0.29, 0.717) is 12.2 Å². The first-order valence-electron chi connectivity index (χ1n) is 13.2. The smallest absolute Gasteiger partial charge is 0.330 e. The summed E-state index contributed by atoms with van der Waals surface area (Å²) in [4.78, 5) is 24.9. The molecule has 0 aliphatic heterocycles. The van der Waals surface area contributed by atoms with Crippen LogP contribution in [-0.4, -0.2) is 17.2 Å². The fourth-order valence-corrected chi connectivity index (χ4v) is 5.91. The second-order valence-electron chi connectivity index (χ2n) is 10.9. The number of hydrogen-bond donors (Lipinski definition) is 0. The minimum absolute atomic E-state index is 0.0508. The minimum atomic E-state index is -0.714. The maximum Gasteiger partial charge on any atom is 0.330 e. The molecule has 0 atom stereocenters. The minimum Gasteiger partial charge on any atom is -0.488 e. The molecule has 1 heterocycles. The van der Waals surface area contributed by atoms with Crippen LogP contribution in [0.1, 0.15) is 78.4 Å². The molecule has 3 aromatic rings. The number of ether oxygens (including phenoxy) is 2. The number of carbonyl (C=O) groups is 1. The number of fused-ring (bicyclic) bond motifs is 1. The molecule has 0 fully saturated rings. The molecule has 37 heavy (non-hydrogen) atoms. The summed E-state index contributed by atoms with van der Waals surface area (Å²) in [5, 5.41) is 1.01. The van der Waals surface area contributed by atoms with Crippen LogP contribution in [0, 0.1) is 0 Å². The van der Waals surface area contributed by atoms with Crippen molar-refractivity contribution in [1.29, 1.82) is 0 Å². The summed E-state index contributed by atoms with van der Waals surface area (Å²) in [6, 6.07) is 14.4. The fourth-order valence-electron chi connectivity index (χ4n) is 5.01. The highest BCUT2D eigenvalue weighted by molar-refractivity contribution is 7.16. The fraction of sp³-hybridized carbons (Fsp3) is 0.438. The second kappa shape index (κ2) is 12.1. The van der Waals surface area contributed by atoms with Crippen LogP contribution in [0.2, 0.25) is 0 Å². The highest BCUT2D eigenvalue weighted by atomic mass is 32.1. The van der Waals surface area contributed by atoms with Gasteiger partial charge < -0.3 is 9.47 Å². The van der Waals surface area contributed by atoms with E-state index in [1.165, 1.54) is 47.8 Å². The lowest BCUT2D eigenvalue weighted by Crippen LogP contribution is -2.40. The number of benzene rings is 2. The summed E-state index contributed by atoms with van der Waals surface area (Å²) in [5.41, 5.74) is 3.04. The Kier molecular flexibility index (Phi) is 9.36. The Morgan fingerprint density at radius 3 is 2.41 bits per heavy atom. The van der Waals surface area contributed by atoms with E-state index in [4.69, 9.17) is 9.47 Å². The lowest BCUT2D eigenvalue weighted by molar-refractivity contribution is -0.154. The standard InChI is InChI=1S/C32H40O4S/c1-8-11-12-13-22-14-17-26(23(9-2)18-22)27-19-24-15-16-25(20-28(24)37-30(27)34)35-31(4,5)21-32(6,7)36-29(33)10-3/h10,14-20H,3,8-9,11-13,21H2,1-2,4-7H3. The normalized spacial score (nSPS) is 11.9. The van der Waals surface area contributed by atoms with E-state index >= 15 is 0 Å². The molecule has 0 aliphatic carbocycles. The van der Waals surface area contributed by atoms with Crippen molar-refractivity contribution in [3.63, 3.8) is 0 Å². The average molecular weight is 521 g/mol. The Balaban J connectivity index is 1.85. The van der Waals surface area contributed by atoms with E-state index in [1.807, 2.05) is 52.0 Å². The molecule has 1 aromatic heterocycles. The van der Waals surface area contributed by atoms with Gasteiger partial charge in [0, 0.05) is 22.8 Å².